The monoisotopic (exact) mass is 377 g/mol. The van der Waals surface area contributed by atoms with Crippen LogP contribution in [0.3, 0.4) is 0 Å². The number of methoxy groups -OCH3 is 1. The number of para-hydroxylation sites is 1. The molecule has 0 atom stereocenters. The summed E-state index contributed by atoms with van der Waals surface area (Å²) < 4.78 is 11.3. The molecule has 0 fully saturated rings. The van der Waals surface area contributed by atoms with Crippen molar-refractivity contribution in [1.29, 1.82) is 0 Å². The van der Waals surface area contributed by atoms with Gasteiger partial charge in [0.1, 0.15) is 6.61 Å². The maximum Gasteiger partial charge on any atom is 0.186 e. The van der Waals surface area contributed by atoms with Crippen molar-refractivity contribution in [1.82, 2.24) is 10.7 Å². The Balaban J connectivity index is 2.16. The lowest BCUT2D eigenvalue weighted by Crippen LogP contribution is -2.31. The van der Waals surface area contributed by atoms with Gasteiger partial charge in [0.2, 0.25) is 0 Å². The Hall–Kier alpha value is -2.31. The quantitative estimate of drug-likeness (QED) is 0.437. The number of hydrogen-bond acceptors (Lipinski definition) is 4. The van der Waals surface area contributed by atoms with Gasteiger partial charge in [0.05, 0.1) is 13.3 Å². The molecule has 0 spiro atoms. The van der Waals surface area contributed by atoms with Crippen LogP contribution in [0.15, 0.2) is 47.6 Å². The molecular weight excluding hydrogens is 358 g/mol. The second-order valence-electron chi connectivity index (χ2n) is 4.99. The molecule has 0 aliphatic rings. The molecule has 0 aliphatic heterocycles. The Kier molecular flexibility index (Phi) is 7.50. The van der Waals surface area contributed by atoms with Gasteiger partial charge < -0.3 is 14.8 Å². The summed E-state index contributed by atoms with van der Waals surface area (Å²) in [6, 6.07) is 13.1. The number of halogens is 1. The minimum Gasteiger partial charge on any atom is -0.493 e. The highest BCUT2D eigenvalue weighted by Crippen LogP contribution is 2.31. The van der Waals surface area contributed by atoms with Gasteiger partial charge >= 0.3 is 0 Å². The van der Waals surface area contributed by atoms with Crippen molar-refractivity contribution in [3.05, 3.63) is 58.6 Å². The van der Waals surface area contributed by atoms with Crippen molar-refractivity contribution in [3.8, 4) is 11.5 Å². The molecule has 132 valence electrons. The number of hydrazone groups is 1. The van der Waals surface area contributed by atoms with Gasteiger partial charge in [-0.15, -0.1) is 0 Å². The third-order valence-electron chi connectivity index (χ3n) is 3.27. The molecule has 2 aromatic rings. The maximum absolute atomic E-state index is 6.18. The van der Waals surface area contributed by atoms with Crippen LogP contribution >= 0.6 is 23.8 Å². The van der Waals surface area contributed by atoms with Gasteiger partial charge in [-0.25, -0.2) is 0 Å². The molecule has 0 unspecified atom stereocenters. The fraction of sp³-hybridized carbons (Fsp3) is 0.222. The maximum atomic E-state index is 6.18. The fourth-order valence-corrected chi connectivity index (χ4v) is 2.46. The largest absolute Gasteiger partial charge is 0.493 e. The zero-order valence-electron chi connectivity index (χ0n) is 14.1. The van der Waals surface area contributed by atoms with Gasteiger partial charge in [-0.2, -0.15) is 5.10 Å². The third kappa shape index (κ3) is 5.62. The van der Waals surface area contributed by atoms with Crippen molar-refractivity contribution in [2.24, 2.45) is 5.10 Å². The Bertz CT molecular complexity index is 753. The number of benzene rings is 2. The number of thiocarbonyl (C=S) groups is 1. The second kappa shape index (κ2) is 9.86. The van der Waals surface area contributed by atoms with Crippen LogP contribution in [-0.2, 0) is 6.61 Å². The smallest absolute Gasteiger partial charge is 0.186 e. The predicted octanol–water partition coefficient (Wildman–Crippen LogP) is 3.75. The Morgan fingerprint density at radius 1 is 1.24 bits per heavy atom. The second-order valence-corrected chi connectivity index (χ2v) is 5.80. The van der Waals surface area contributed by atoms with Crippen LogP contribution in [0, 0.1) is 0 Å². The first-order chi connectivity index (χ1) is 12.2. The lowest BCUT2D eigenvalue weighted by molar-refractivity contribution is 0.284. The van der Waals surface area contributed by atoms with Crippen LogP contribution in [0.1, 0.15) is 18.1 Å². The number of ether oxygens (including phenoxy) is 2. The van der Waals surface area contributed by atoms with Crippen molar-refractivity contribution in [2.75, 3.05) is 13.7 Å². The minimum absolute atomic E-state index is 0.324. The summed E-state index contributed by atoms with van der Waals surface area (Å²) in [5.41, 5.74) is 4.41. The molecule has 2 aromatic carbocycles. The van der Waals surface area contributed by atoms with E-state index in [2.05, 4.69) is 15.8 Å². The van der Waals surface area contributed by atoms with E-state index in [1.807, 2.05) is 49.4 Å². The summed E-state index contributed by atoms with van der Waals surface area (Å²) in [6.45, 7) is 3.01. The number of nitrogens with one attached hydrogen (secondary N) is 2. The van der Waals surface area contributed by atoms with E-state index >= 15 is 0 Å². The van der Waals surface area contributed by atoms with E-state index in [-0.39, 0.29) is 0 Å². The third-order valence-corrected chi connectivity index (χ3v) is 3.87. The first-order valence-corrected chi connectivity index (χ1v) is 8.54. The standard InChI is InChI=1S/C18H20ClN3O2S/c1-3-20-18(25)22-21-11-13-8-6-10-16(23-2)17(13)24-12-14-7-4-5-9-15(14)19/h4-11H,3,12H2,1-2H3,(H2,20,22,25)/b21-11+. The SMILES string of the molecule is CCNC(=S)N/N=C/c1cccc(OC)c1OCc1ccccc1Cl. The molecule has 5 nitrogen and oxygen atoms in total. The van der Waals surface area contributed by atoms with Gasteiger partial charge in [0.25, 0.3) is 0 Å². The van der Waals surface area contributed by atoms with Crippen LogP contribution < -0.4 is 20.2 Å². The summed E-state index contributed by atoms with van der Waals surface area (Å²) in [6.07, 6.45) is 1.63. The molecule has 0 saturated carbocycles. The molecule has 25 heavy (non-hydrogen) atoms. The van der Waals surface area contributed by atoms with Crippen LogP contribution in [0.4, 0.5) is 0 Å². The van der Waals surface area contributed by atoms with E-state index in [1.165, 1.54) is 0 Å². The van der Waals surface area contributed by atoms with Crippen molar-refractivity contribution in [3.63, 3.8) is 0 Å². The van der Waals surface area contributed by atoms with Crippen LogP contribution in [0.25, 0.3) is 0 Å². The molecule has 0 saturated heterocycles. The number of nitrogens with zero attached hydrogens (tertiary/aromatic N) is 1. The van der Waals surface area contributed by atoms with Crippen LogP contribution in [-0.4, -0.2) is 25.0 Å². The van der Waals surface area contributed by atoms with E-state index in [0.29, 0.717) is 28.2 Å². The zero-order chi connectivity index (χ0) is 18.1. The highest BCUT2D eigenvalue weighted by molar-refractivity contribution is 7.80. The molecule has 0 amide bonds. The molecule has 0 bridgehead atoms. The molecule has 0 aromatic heterocycles. The molecule has 2 N–H and O–H groups in total. The van der Waals surface area contributed by atoms with Crippen LogP contribution in [0.2, 0.25) is 5.02 Å². The van der Waals surface area contributed by atoms with Gasteiger partial charge in [-0.1, -0.05) is 35.9 Å². The van der Waals surface area contributed by atoms with Crippen molar-refractivity contribution in [2.45, 2.75) is 13.5 Å². The average molecular weight is 378 g/mol. The molecular formula is C18H20ClN3O2S. The number of rotatable bonds is 7. The predicted molar refractivity (Wildman–Crippen MR) is 106 cm³/mol. The van der Waals surface area contributed by atoms with E-state index in [1.54, 1.807) is 13.3 Å². The molecule has 2 rings (SSSR count). The number of hydrogen-bond donors (Lipinski definition) is 2. The van der Waals surface area contributed by atoms with Crippen molar-refractivity contribution < 1.29 is 9.47 Å². The Morgan fingerprint density at radius 2 is 2.04 bits per heavy atom. The summed E-state index contributed by atoms with van der Waals surface area (Å²) in [5.74, 6) is 1.20. The Labute approximate surface area is 158 Å². The lowest BCUT2D eigenvalue weighted by Gasteiger charge is -2.14. The molecule has 0 radical (unpaired) electrons. The Morgan fingerprint density at radius 3 is 2.76 bits per heavy atom. The molecule has 0 aliphatic carbocycles. The van der Waals surface area contributed by atoms with E-state index < -0.39 is 0 Å². The highest BCUT2D eigenvalue weighted by Gasteiger charge is 2.10. The summed E-state index contributed by atoms with van der Waals surface area (Å²) in [4.78, 5) is 0. The lowest BCUT2D eigenvalue weighted by atomic mass is 10.2. The van der Waals surface area contributed by atoms with Gasteiger partial charge in [-0.05, 0) is 37.3 Å². The first kappa shape index (κ1) is 19.0. The normalized spacial score (nSPS) is 10.5. The first-order valence-electron chi connectivity index (χ1n) is 7.75. The average Bonchev–Trinajstić information content (AvgIpc) is 2.61. The van der Waals surface area contributed by atoms with E-state index in [4.69, 9.17) is 33.3 Å². The van der Waals surface area contributed by atoms with E-state index in [9.17, 15) is 0 Å². The summed E-state index contributed by atoms with van der Waals surface area (Å²) >= 11 is 11.3. The van der Waals surface area contributed by atoms with Gasteiger partial charge in [0.15, 0.2) is 16.6 Å². The minimum atomic E-state index is 0.324. The molecule has 7 heteroatoms. The fourth-order valence-electron chi connectivity index (χ4n) is 2.08. The van der Waals surface area contributed by atoms with Crippen LogP contribution in [0.5, 0.6) is 11.5 Å². The highest BCUT2D eigenvalue weighted by atomic mass is 35.5. The topological polar surface area (TPSA) is 54.9 Å². The van der Waals surface area contributed by atoms with Crippen molar-refractivity contribution >= 4 is 35.1 Å². The van der Waals surface area contributed by atoms with Gasteiger partial charge in [0, 0.05) is 22.7 Å². The van der Waals surface area contributed by atoms with Gasteiger partial charge in [-0.3, -0.25) is 5.43 Å². The summed E-state index contributed by atoms with van der Waals surface area (Å²) in [7, 11) is 1.59. The molecule has 0 heterocycles. The summed E-state index contributed by atoms with van der Waals surface area (Å²) in [5, 5.41) is 8.20. The zero-order valence-corrected chi connectivity index (χ0v) is 15.7. The van der Waals surface area contributed by atoms with E-state index in [0.717, 1.165) is 17.7 Å².